The molecule has 2 heterocycles. The Morgan fingerprint density at radius 2 is 2.47 bits per heavy atom. The van der Waals surface area contributed by atoms with Gasteiger partial charge in [0.1, 0.15) is 6.04 Å². The Kier molecular flexibility index (Phi) is 3.80. The quantitative estimate of drug-likeness (QED) is 0.868. The Labute approximate surface area is 111 Å². The first kappa shape index (κ1) is 12.5. The summed E-state index contributed by atoms with van der Waals surface area (Å²) in [6, 6.07) is 1.30. The maximum atomic E-state index is 11.3. The lowest BCUT2D eigenvalue weighted by atomic mass is 10.2. The van der Waals surface area contributed by atoms with Gasteiger partial charge in [-0.3, -0.25) is 14.5 Å². The van der Waals surface area contributed by atoms with Gasteiger partial charge in [-0.05, 0) is 22.0 Å². The number of thiophene rings is 1. The Hall–Kier alpha value is -0.920. The Morgan fingerprint density at radius 1 is 1.71 bits per heavy atom. The van der Waals surface area contributed by atoms with Crippen molar-refractivity contribution in [1.29, 1.82) is 0 Å². The second-order valence-corrected chi connectivity index (χ2v) is 5.71. The zero-order valence-corrected chi connectivity index (χ0v) is 11.3. The van der Waals surface area contributed by atoms with E-state index in [0.717, 1.165) is 9.35 Å². The third kappa shape index (κ3) is 3.05. The predicted octanol–water partition coefficient (Wildman–Crippen LogP) is 0.896. The van der Waals surface area contributed by atoms with Gasteiger partial charge in [0.25, 0.3) is 0 Å². The topological polar surface area (TPSA) is 69.6 Å². The maximum absolute atomic E-state index is 11.3. The molecule has 5 nitrogen and oxygen atoms in total. The first-order valence-electron chi connectivity index (χ1n) is 5.02. The standard InChI is InChI=1S/C10H11BrN2O3S/c11-6-1-7(17-5-6)3-13-4-9(14)12-2-8(13)10(15)16/h1,5,8H,2-4H2,(H,12,14)(H,15,16). The number of nitrogens with zero attached hydrogens (tertiary/aromatic N) is 1. The zero-order chi connectivity index (χ0) is 12.4. The summed E-state index contributed by atoms with van der Waals surface area (Å²) in [6.45, 7) is 0.786. The molecular weight excluding hydrogens is 308 g/mol. The molecule has 1 unspecified atom stereocenters. The molecule has 1 atom stereocenters. The van der Waals surface area contributed by atoms with Gasteiger partial charge in [-0.2, -0.15) is 0 Å². The van der Waals surface area contributed by atoms with Gasteiger partial charge < -0.3 is 10.4 Å². The van der Waals surface area contributed by atoms with Crippen LogP contribution < -0.4 is 5.32 Å². The number of carbonyl (C=O) groups excluding carboxylic acids is 1. The van der Waals surface area contributed by atoms with E-state index < -0.39 is 12.0 Å². The fourth-order valence-corrected chi connectivity index (χ4v) is 3.21. The number of carboxylic acid groups (broad SMARTS) is 1. The van der Waals surface area contributed by atoms with Gasteiger partial charge in [-0.1, -0.05) is 0 Å². The van der Waals surface area contributed by atoms with Crippen LogP contribution in [0.25, 0.3) is 0 Å². The van der Waals surface area contributed by atoms with Crippen molar-refractivity contribution >= 4 is 39.1 Å². The van der Waals surface area contributed by atoms with E-state index in [2.05, 4.69) is 21.2 Å². The average Bonchev–Trinajstić information content (AvgIpc) is 2.63. The highest BCUT2D eigenvalue weighted by Crippen LogP contribution is 2.22. The molecule has 1 aliphatic rings. The van der Waals surface area contributed by atoms with Gasteiger partial charge in [0.2, 0.25) is 5.91 Å². The SMILES string of the molecule is O=C1CN(Cc2cc(Br)cs2)C(C(=O)O)CN1. The van der Waals surface area contributed by atoms with Crippen LogP contribution in [0.3, 0.4) is 0 Å². The highest BCUT2D eigenvalue weighted by molar-refractivity contribution is 9.10. The van der Waals surface area contributed by atoms with Crippen LogP contribution in [0.15, 0.2) is 15.9 Å². The number of nitrogens with one attached hydrogen (secondary N) is 1. The molecule has 92 valence electrons. The second-order valence-electron chi connectivity index (χ2n) is 3.79. The molecule has 1 aromatic rings. The maximum Gasteiger partial charge on any atom is 0.322 e. The lowest BCUT2D eigenvalue weighted by Crippen LogP contribution is -2.56. The summed E-state index contributed by atoms with van der Waals surface area (Å²) < 4.78 is 0.978. The molecule has 1 amide bonds. The Balaban J connectivity index is 2.09. The summed E-state index contributed by atoms with van der Waals surface area (Å²) in [4.78, 5) is 25.1. The highest BCUT2D eigenvalue weighted by Gasteiger charge is 2.31. The fourth-order valence-electron chi connectivity index (χ4n) is 1.74. The summed E-state index contributed by atoms with van der Waals surface area (Å²) in [7, 11) is 0. The molecule has 0 aromatic carbocycles. The van der Waals surface area contributed by atoms with Crippen LogP contribution in [0.4, 0.5) is 0 Å². The number of rotatable bonds is 3. The van der Waals surface area contributed by atoms with Crippen LogP contribution in [0.5, 0.6) is 0 Å². The molecule has 17 heavy (non-hydrogen) atoms. The van der Waals surface area contributed by atoms with E-state index in [1.54, 1.807) is 16.2 Å². The van der Waals surface area contributed by atoms with Crippen LogP contribution in [-0.4, -0.2) is 41.0 Å². The lowest BCUT2D eigenvalue weighted by Gasteiger charge is -2.32. The normalized spacial score (nSPS) is 21.2. The van der Waals surface area contributed by atoms with Crippen molar-refractivity contribution in [3.05, 3.63) is 20.8 Å². The smallest absolute Gasteiger partial charge is 0.322 e. The summed E-state index contributed by atoms with van der Waals surface area (Å²) in [5.41, 5.74) is 0. The van der Waals surface area contributed by atoms with Crippen molar-refractivity contribution in [3.63, 3.8) is 0 Å². The molecule has 0 spiro atoms. The Bertz CT molecular complexity index is 449. The minimum atomic E-state index is -0.902. The van der Waals surface area contributed by atoms with Crippen LogP contribution in [0.1, 0.15) is 4.88 Å². The predicted molar refractivity (Wildman–Crippen MR) is 66.9 cm³/mol. The van der Waals surface area contributed by atoms with E-state index in [1.807, 2.05) is 11.4 Å². The molecular formula is C10H11BrN2O3S. The molecule has 2 rings (SSSR count). The van der Waals surface area contributed by atoms with Crippen molar-refractivity contribution in [1.82, 2.24) is 10.2 Å². The zero-order valence-electron chi connectivity index (χ0n) is 8.85. The molecule has 1 aliphatic heterocycles. The molecule has 1 saturated heterocycles. The number of halogens is 1. The van der Waals surface area contributed by atoms with E-state index in [4.69, 9.17) is 5.11 Å². The second kappa shape index (κ2) is 5.16. The summed E-state index contributed by atoms with van der Waals surface area (Å²) in [5, 5.41) is 13.6. The number of amides is 1. The van der Waals surface area contributed by atoms with Crippen molar-refractivity contribution in [2.45, 2.75) is 12.6 Å². The van der Waals surface area contributed by atoms with Crippen molar-refractivity contribution in [2.75, 3.05) is 13.1 Å². The highest BCUT2D eigenvalue weighted by atomic mass is 79.9. The number of piperazine rings is 1. The van der Waals surface area contributed by atoms with Gasteiger partial charge in [0.05, 0.1) is 6.54 Å². The van der Waals surface area contributed by atoms with Gasteiger partial charge in [-0.25, -0.2) is 0 Å². The lowest BCUT2D eigenvalue weighted by molar-refractivity contribution is -0.146. The number of hydrogen-bond donors (Lipinski definition) is 2. The Morgan fingerprint density at radius 3 is 3.06 bits per heavy atom. The first-order chi connectivity index (χ1) is 8.06. The monoisotopic (exact) mass is 318 g/mol. The minimum absolute atomic E-state index is 0.127. The summed E-state index contributed by atoms with van der Waals surface area (Å²) >= 11 is 4.89. The van der Waals surface area contributed by atoms with Crippen molar-refractivity contribution < 1.29 is 14.7 Å². The van der Waals surface area contributed by atoms with Crippen LogP contribution in [0.2, 0.25) is 0 Å². The van der Waals surface area contributed by atoms with Crippen molar-refractivity contribution in [3.8, 4) is 0 Å². The van der Waals surface area contributed by atoms with E-state index in [0.29, 0.717) is 6.54 Å². The molecule has 1 aromatic heterocycles. The van der Waals surface area contributed by atoms with E-state index >= 15 is 0 Å². The minimum Gasteiger partial charge on any atom is -0.480 e. The fraction of sp³-hybridized carbons (Fsp3) is 0.400. The van der Waals surface area contributed by atoms with Gasteiger partial charge in [0.15, 0.2) is 0 Å². The van der Waals surface area contributed by atoms with Crippen LogP contribution in [-0.2, 0) is 16.1 Å². The summed E-state index contributed by atoms with van der Waals surface area (Å²) in [5.74, 6) is -1.03. The van der Waals surface area contributed by atoms with Crippen molar-refractivity contribution in [2.24, 2.45) is 0 Å². The van der Waals surface area contributed by atoms with E-state index in [1.165, 1.54) is 0 Å². The number of carboxylic acids is 1. The van der Waals surface area contributed by atoms with Crippen LogP contribution >= 0.6 is 27.3 Å². The molecule has 1 fully saturated rings. The molecule has 7 heteroatoms. The number of carbonyl (C=O) groups is 2. The van der Waals surface area contributed by atoms with Gasteiger partial charge in [0, 0.05) is 27.8 Å². The van der Waals surface area contributed by atoms with E-state index in [-0.39, 0.29) is 19.0 Å². The molecule has 0 aliphatic carbocycles. The number of aliphatic carboxylic acids is 1. The number of hydrogen-bond acceptors (Lipinski definition) is 4. The third-order valence-electron chi connectivity index (χ3n) is 2.55. The molecule has 0 saturated carbocycles. The van der Waals surface area contributed by atoms with Gasteiger partial charge >= 0.3 is 5.97 Å². The van der Waals surface area contributed by atoms with E-state index in [9.17, 15) is 9.59 Å². The third-order valence-corrected chi connectivity index (χ3v) is 4.23. The average molecular weight is 319 g/mol. The molecule has 2 N–H and O–H groups in total. The van der Waals surface area contributed by atoms with Crippen LogP contribution in [0, 0.1) is 0 Å². The molecule has 0 bridgehead atoms. The summed E-state index contributed by atoms with van der Waals surface area (Å²) in [6.07, 6.45) is 0. The molecule has 0 radical (unpaired) electrons. The first-order valence-corrected chi connectivity index (χ1v) is 6.70. The largest absolute Gasteiger partial charge is 0.480 e. The van der Waals surface area contributed by atoms with Gasteiger partial charge in [-0.15, -0.1) is 11.3 Å².